The molecule has 29 heavy (non-hydrogen) atoms. The molecule has 1 heterocycles. The maximum absolute atomic E-state index is 13.1. The number of hydrogen-bond acceptors (Lipinski definition) is 6. The number of ether oxygens (including phenoxy) is 2. The van der Waals surface area contributed by atoms with Gasteiger partial charge in [0.1, 0.15) is 5.57 Å². The van der Waals surface area contributed by atoms with Crippen LogP contribution < -0.4 is 0 Å². The van der Waals surface area contributed by atoms with Crippen LogP contribution in [0.4, 0.5) is 0 Å². The van der Waals surface area contributed by atoms with Crippen molar-refractivity contribution < 1.29 is 27.5 Å². The molecule has 0 saturated heterocycles. The summed E-state index contributed by atoms with van der Waals surface area (Å²) < 4.78 is 36.5. The molecule has 0 amide bonds. The van der Waals surface area contributed by atoms with Gasteiger partial charge in [0, 0.05) is 5.57 Å². The average molecular weight is 412 g/mol. The molecule has 0 saturated carbocycles. The Hall–Kier alpha value is -3.19. The summed E-state index contributed by atoms with van der Waals surface area (Å²) in [5.74, 6) is -0.862. The molecule has 150 valence electrons. The molecule has 7 heteroatoms. The smallest absolute Gasteiger partial charge is 0.343 e. The van der Waals surface area contributed by atoms with Gasteiger partial charge in [-0.2, -0.15) is 0 Å². The standard InChI is InChI=1S/C22H20O6S/c1-3-27-20(23)19-17(15-11-7-5-8-12-15)18(16-13-9-6-10-14-16)21(24)29(25,26)22(19)28-4-2/h5-14H,3-4H2,1-2H3. The Morgan fingerprint density at radius 1 is 0.828 bits per heavy atom. The van der Waals surface area contributed by atoms with Crippen molar-refractivity contribution in [2.24, 2.45) is 0 Å². The molecule has 2 aromatic rings. The van der Waals surface area contributed by atoms with Crippen molar-refractivity contribution in [3.05, 3.63) is 82.5 Å². The molecule has 0 spiro atoms. The molecule has 1 aliphatic heterocycles. The van der Waals surface area contributed by atoms with E-state index in [1.165, 1.54) is 0 Å². The SMILES string of the molecule is CCOC(=O)C1=C(OCC)S(=O)(=O)C(=O)C(c2ccccc2)=C1c1ccccc1. The van der Waals surface area contributed by atoms with E-state index >= 15 is 0 Å². The van der Waals surface area contributed by atoms with E-state index in [0.29, 0.717) is 11.1 Å². The van der Waals surface area contributed by atoms with Crippen LogP contribution in [0.2, 0.25) is 0 Å². The second-order valence-corrected chi connectivity index (χ2v) is 7.84. The lowest BCUT2D eigenvalue weighted by Crippen LogP contribution is -2.29. The van der Waals surface area contributed by atoms with Crippen LogP contribution in [-0.4, -0.2) is 32.7 Å². The summed E-state index contributed by atoms with van der Waals surface area (Å²) in [6.07, 6.45) is 0. The summed E-state index contributed by atoms with van der Waals surface area (Å²) in [4.78, 5) is 26.0. The molecule has 2 aromatic carbocycles. The Kier molecular flexibility index (Phi) is 5.98. The molecule has 0 fully saturated rings. The van der Waals surface area contributed by atoms with Crippen molar-refractivity contribution in [3.63, 3.8) is 0 Å². The van der Waals surface area contributed by atoms with Crippen LogP contribution in [0.5, 0.6) is 0 Å². The quantitative estimate of drug-likeness (QED) is 0.676. The highest BCUT2D eigenvalue weighted by atomic mass is 32.2. The Bertz CT molecular complexity index is 1100. The first-order valence-electron chi connectivity index (χ1n) is 9.12. The van der Waals surface area contributed by atoms with Gasteiger partial charge >= 0.3 is 5.97 Å². The molecule has 3 rings (SSSR count). The van der Waals surface area contributed by atoms with Gasteiger partial charge in [-0.3, -0.25) is 4.79 Å². The Morgan fingerprint density at radius 2 is 1.34 bits per heavy atom. The van der Waals surface area contributed by atoms with Gasteiger partial charge < -0.3 is 9.47 Å². The minimum atomic E-state index is -4.56. The third-order valence-corrected chi connectivity index (χ3v) is 5.78. The van der Waals surface area contributed by atoms with Gasteiger partial charge in [0.2, 0.25) is 5.09 Å². The Morgan fingerprint density at radius 3 is 1.83 bits per heavy atom. The Balaban J connectivity index is 2.48. The molecular weight excluding hydrogens is 392 g/mol. The first kappa shape index (κ1) is 20.5. The van der Waals surface area contributed by atoms with Crippen molar-refractivity contribution in [2.45, 2.75) is 13.8 Å². The summed E-state index contributed by atoms with van der Waals surface area (Å²) in [5, 5.41) is -1.78. The van der Waals surface area contributed by atoms with E-state index < -0.39 is 26.0 Å². The molecule has 0 N–H and O–H groups in total. The van der Waals surface area contributed by atoms with Crippen LogP contribution in [-0.2, 0) is 28.9 Å². The van der Waals surface area contributed by atoms with Crippen molar-refractivity contribution in [2.75, 3.05) is 13.2 Å². The minimum Gasteiger partial charge on any atom is -0.482 e. The van der Waals surface area contributed by atoms with Gasteiger partial charge in [0.05, 0.1) is 18.8 Å². The molecular formula is C22H20O6S. The topological polar surface area (TPSA) is 86.7 Å². The van der Waals surface area contributed by atoms with Crippen LogP contribution in [0.3, 0.4) is 0 Å². The summed E-state index contributed by atoms with van der Waals surface area (Å²) in [6, 6.07) is 17.0. The maximum Gasteiger partial charge on any atom is 0.343 e. The Labute approximate surface area is 169 Å². The minimum absolute atomic E-state index is 0.0342. The van der Waals surface area contributed by atoms with Gasteiger partial charge in [-0.15, -0.1) is 0 Å². The number of esters is 1. The summed E-state index contributed by atoms with van der Waals surface area (Å²) in [5.41, 5.74) is 0.729. The molecule has 0 aromatic heterocycles. The third kappa shape index (κ3) is 3.73. The van der Waals surface area contributed by atoms with E-state index in [1.807, 2.05) is 0 Å². The fourth-order valence-corrected chi connectivity index (χ4v) is 4.50. The summed E-state index contributed by atoms with van der Waals surface area (Å²) in [6.45, 7) is 3.20. The molecule has 0 unspecified atom stereocenters. The van der Waals surface area contributed by atoms with Gasteiger partial charge in [-0.25, -0.2) is 13.2 Å². The number of benzene rings is 2. The van der Waals surface area contributed by atoms with Crippen LogP contribution in [0.1, 0.15) is 25.0 Å². The van der Waals surface area contributed by atoms with Gasteiger partial charge in [-0.1, -0.05) is 60.7 Å². The fourth-order valence-electron chi connectivity index (χ4n) is 3.11. The number of hydrogen-bond donors (Lipinski definition) is 0. The highest BCUT2D eigenvalue weighted by Crippen LogP contribution is 2.42. The van der Waals surface area contributed by atoms with Crippen LogP contribution in [0.15, 0.2) is 71.3 Å². The van der Waals surface area contributed by atoms with E-state index in [2.05, 4.69) is 0 Å². The third-order valence-electron chi connectivity index (χ3n) is 4.28. The second-order valence-electron chi connectivity index (χ2n) is 6.09. The molecule has 6 nitrogen and oxygen atoms in total. The largest absolute Gasteiger partial charge is 0.482 e. The monoisotopic (exact) mass is 412 g/mol. The maximum atomic E-state index is 13.1. The van der Waals surface area contributed by atoms with E-state index in [0.717, 1.165) is 0 Å². The first-order valence-corrected chi connectivity index (χ1v) is 10.6. The van der Waals surface area contributed by atoms with E-state index in [1.54, 1.807) is 74.5 Å². The molecule has 1 aliphatic rings. The van der Waals surface area contributed by atoms with E-state index in [-0.39, 0.29) is 29.9 Å². The predicted octanol–water partition coefficient (Wildman–Crippen LogP) is 3.36. The normalized spacial score (nSPS) is 16.0. The molecule has 0 radical (unpaired) electrons. The number of rotatable bonds is 6. The van der Waals surface area contributed by atoms with Gasteiger partial charge in [0.15, 0.2) is 0 Å². The fraction of sp³-hybridized carbons (Fsp3) is 0.182. The zero-order valence-electron chi connectivity index (χ0n) is 16.0. The van der Waals surface area contributed by atoms with E-state index in [9.17, 15) is 18.0 Å². The lowest BCUT2D eigenvalue weighted by atomic mass is 9.90. The lowest BCUT2D eigenvalue weighted by Gasteiger charge is -2.24. The van der Waals surface area contributed by atoms with Crippen molar-refractivity contribution in [1.82, 2.24) is 0 Å². The highest BCUT2D eigenvalue weighted by molar-refractivity contribution is 8.10. The number of sulfone groups is 1. The predicted molar refractivity (Wildman–Crippen MR) is 109 cm³/mol. The zero-order chi connectivity index (χ0) is 21.0. The highest BCUT2D eigenvalue weighted by Gasteiger charge is 2.45. The molecule has 0 atom stereocenters. The van der Waals surface area contributed by atoms with E-state index in [4.69, 9.17) is 9.47 Å². The number of carbonyl (C=O) groups excluding carboxylic acids is 2. The summed E-state index contributed by atoms with van der Waals surface area (Å²) >= 11 is 0. The summed E-state index contributed by atoms with van der Waals surface area (Å²) in [7, 11) is -4.56. The van der Waals surface area contributed by atoms with Crippen molar-refractivity contribution in [1.29, 1.82) is 0 Å². The van der Waals surface area contributed by atoms with Crippen molar-refractivity contribution in [3.8, 4) is 0 Å². The number of carbonyl (C=O) groups is 2. The molecule has 0 aliphatic carbocycles. The molecule has 0 bridgehead atoms. The second kappa shape index (κ2) is 8.45. The average Bonchev–Trinajstić information content (AvgIpc) is 2.73. The van der Waals surface area contributed by atoms with Crippen LogP contribution in [0.25, 0.3) is 11.1 Å². The van der Waals surface area contributed by atoms with Crippen LogP contribution >= 0.6 is 0 Å². The zero-order valence-corrected chi connectivity index (χ0v) is 16.9. The first-order chi connectivity index (χ1) is 13.9. The lowest BCUT2D eigenvalue weighted by molar-refractivity contribution is -0.138. The van der Waals surface area contributed by atoms with Crippen LogP contribution in [0, 0.1) is 0 Å². The van der Waals surface area contributed by atoms with Gasteiger partial charge in [0.25, 0.3) is 15.0 Å². The van der Waals surface area contributed by atoms with Gasteiger partial charge in [-0.05, 0) is 25.0 Å². The van der Waals surface area contributed by atoms with Crippen molar-refractivity contribution >= 4 is 32.1 Å².